The fraction of sp³-hybridized carbons (Fsp3) is 0.609. The molecule has 146 valence electrons. The van der Waals surface area contributed by atoms with Gasteiger partial charge in [0, 0.05) is 24.2 Å². The normalized spacial score (nSPS) is 15.8. The van der Waals surface area contributed by atoms with Crippen LogP contribution in [-0.4, -0.2) is 18.4 Å². The third-order valence-electron chi connectivity index (χ3n) is 4.26. The molecule has 0 radical (unpaired) electrons. The third kappa shape index (κ3) is 6.90. The molecule has 1 aliphatic rings. The van der Waals surface area contributed by atoms with Gasteiger partial charge in [-0.2, -0.15) is 0 Å². The van der Waals surface area contributed by atoms with Crippen molar-refractivity contribution in [1.29, 1.82) is 0 Å². The van der Waals surface area contributed by atoms with Gasteiger partial charge in [-0.3, -0.25) is 4.99 Å². The number of aryl methyl sites for hydroxylation is 1. The zero-order chi connectivity index (χ0) is 19.9. The number of rotatable bonds is 6. The topological polar surface area (TPSA) is 21.6 Å². The number of benzene rings is 1. The van der Waals surface area contributed by atoms with E-state index in [1.807, 2.05) is 27.8 Å². The lowest BCUT2D eigenvalue weighted by atomic mass is 9.93. The maximum Gasteiger partial charge on any atom is 0.108 e. The van der Waals surface area contributed by atoms with Gasteiger partial charge in [-0.15, -0.1) is 0 Å². The molecule has 0 amide bonds. The zero-order valence-corrected chi connectivity index (χ0v) is 19.2. The molecule has 2 rings (SSSR count). The molecule has 0 aromatic heterocycles. The summed E-state index contributed by atoms with van der Waals surface area (Å²) in [7, 11) is 1.90. The summed E-state index contributed by atoms with van der Waals surface area (Å²) in [5.41, 5.74) is 4.69. The first-order valence-corrected chi connectivity index (χ1v) is 10.7. The van der Waals surface area contributed by atoms with Crippen LogP contribution in [0.2, 0.25) is 0 Å². The van der Waals surface area contributed by atoms with Crippen molar-refractivity contribution in [1.82, 2.24) is 0 Å². The average Bonchev–Trinajstić information content (AvgIpc) is 3.40. The second kappa shape index (κ2) is 10.3. The highest BCUT2D eigenvalue weighted by Gasteiger charge is 2.32. The monoisotopic (exact) mass is 421 g/mol. The number of nitrogens with zero attached hydrogens (tertiary/aromatic N) is 1. The molecule has 0 saturated heterocycles. The van der Waals surface area contributed by atoms with E-state index in [1.165, 1.54) is 48.1 Å². The van der Waals surface area contributed by atoms with Crippen molar-refractivity contribution in [2.75, 3.05) is 7.05 Å². The highest BCUT2D eigenvalue weighted by molar-refractivity contribution is 9.09. The molecule has 0 spiro atoms. The second-order valence-corrected chi connectivity index (χ2v) is 8.88. The van der Waals surface area contributed by atoms with Crippen LogP contribution in [-0.2, 0) is 4.74 Å². The molecule has 1 aromatic rings. The Morgan fingerprint density at radius 1 is 1.27 bits per heavy atom. The van der Waals surface area contributed by atoms with Crippen molar-refractivity contribution in [3.05, 3.63) is 47.2 Å². The van der Waals surface area contributed by atoms with Gasteiger partial charge >= 0.3 is 0 Å². The van der Waals surface area contributed by atoms with E-state index in [0.717, 1.165) is 5.76 Å². The van der Waals surface area contributed by atoms with Gasteiger partial charge in [-0.05, 0) is 51.7 Å². The summed E-state index contributed by atoms with van der Waals surface area (Å²) in [4.78, 5) is 4.55. The van der Waals surface area contributed by atoms with Gasteiger partial charge in [0.2, 0.25) is 0 Å². The molecule has 0 heterocycles. The van der Waals surface area contributed by atoms with Gasteiger partial charge in [0.25, 0.3) is 0 Å². The van der Waals surface area contributed by atoms with Crippen LogP contribution in [0.4, 0.5) is 0 Å². The molecule has 1 atom stereocenters. The predicted molar refractivity (Wildman–Crippen MR) is 119 cm³/mol. The minimum absolute atomic E-state index is 0.0304. The van der Waals surface area contributed by atoms with E-state index in [-0.39, 0.29) is 10.4 Å². The smallest absolute Gasteiger partial charge is 0.108 e. The number of alkyl halides is 1. The van der Waals surface area contributed by atoms with E-state index in [0.29, 0.717) is 5.92 Å². The third-order valence-corrected chi connectivity index (χ3v) is 5.26. The van der Waals surface area contributed by atoms with Crippen LogP contribution in [0.5, 0.6) is 0 Å². The van der Waals surface area contributed by atoms with Crippen molar-refractivity contribution in [3.63, 3.8) is 0 Å². The lowest BCUT2D eigenvalue weighted by Gasteiger charge is -2.27. The van der Waals surface area contributed by atoms with Crippen molar-refractivity contribution in [2.24, 2.45) is 10.9 Å². The Morgan fingerprint density at radius 2 is 1.85 bits per heavy atom. The van der Waals surface area contributed by atoms with Crippen molar-refractivity contribution >= 4 is 21.6 Å². The lowest BCUT2D eigenvalue weighted by Crippen LogP contribution is -2.20. The maximum absolute atomic E-state index is 5.96. The minimum Gasteiger partial charge on any atom is -0.492 e. The standard InChI is InChI=1S/C19H26BrNO.C4H10/c1-12-8-7-9-15(16(12)18(21-6)14-10-11-14)17(20)13(2)22-19(3,4)5;1-3-4-2/h7-9,14,17H,2,10-11H2,1,3-6H3;3-4H2,1-2H3. The minimum atomic E-state index is -0.245. The summed E-state index contributed by atoms with van der Waals surface area (Å²) < 4.78 is 5.96. The molecule has 0 bridgehead atoms. The largest absolute Gasteiger partial charge is 0.492 e. The van der Waals surface area contributed by atoms with E-state index < -0.39 is 0 Å². The van der Waals surface area contributed by atoms with Crippen LogP contribution >= 0.6 is 15.9 Å². The Kier molecular flexibility index (Phi) is 9.09. The SMILES string of the molecule is C=C(OC(C)(C)C)C(Br)c1cccc(C)c1C(=NC)C1CC1.CCCC. The van der Waals surface area contributed by atoms with Crippen molar-refractivity contribution in [2.45, 2.75) is 77.7 Å². The zero-order valence-electron chi connectivity index (χ0n) is 17.7. The van der Waals surface area contributed by atoms with E-state index >= 15 is 0 Å². The maximum atomic E-state index is 5.96. The Morgan fingerprint density at radius 3 is 2.27 bits per heavy atom. The molecule has 0 N–H and O–H groups in total. The van der Waals surface area contributed by atoms with Gasteiger partial charge in [0.1, 0.15) is 11.4 Å². The van der Waals surface area contributed by atoms with E-state index in [4.69, 9.17) is 4.74 Å². The summed E-state index contributed by atoms with van der Waals surface area (Å²) in [6, 6.07) is 6.39. The highest BCUT2D eigenvalue weighted by Crippen LogP contribution is 2.40. The van der Waals surface area contributed by atoms with Gasteiger partial charge in [-0.25, -0.2) is 0 Å². The van der Waals surface area contributed by atoms with Crippen LogP contribution in [0, 0.1) is 12.8 Å². The number of allylic oxidation sites excluding steroid dienone is 1. The molecule has 1 aliphatic carbocycles. The molecule has 1 aromatic carbocycles. The first-order valence-electron chi connectivity index (χ1n) is 9.74. The molecule has 2 nitrogen and oxygen atoms in total. The Balaban J connectivity index is 0.000000765. The molecule has 1 fully saturated rings. The molecule has 1 unspecified atom stereocenters. The van der Waals surface area contributed by atoms with Gasteiger partial charge in [0.15, 0.2) is 0 Å². The van der Waals surface area contributed by atoms with E-state index in [2.05, 4.69) is 66.5 Å². The summed E-state index contributed by atoms with van der Waals surface area (Å²) in [5, 5.41) is 0. The number of halogens is 1. The van der Waals surface area contributed by atoms with Crippen LogP contribution in [0.25, 0.3) is 0 Å². The van der Waals surface area contributed by atoms with Crippen molar-refractivity contribution in [3.8, 4) is 0 Å². The van der Waals surface area contributed by atoms with E-state index in [9.17, 15) is 0 Å². The number of hydrogen-bond acceptors (Lipinski definition) is 2. The van der Waals surface area contributed by atoms with Gasteiger partial charge < -0.3 is 4.74 Å². The van der Waals surface area contributed by atoms with Gasteiger partial charge in [0.05, 0.1) is 4.83 Å². The van der Waals surface area contributed by atoms with Crippen LogP contribution < -0.4 is 0 Å². The van der Waals surface area contributed by atoms with E-state index in [1.54, 1.807) is 0 Å². The quantitative estimate of drug-likeness (QED) is 0.266. The fourth-order valence-electron chi connectivity index (χ4n) is 2.73. The first kappa shape index (κ1) is 23.0. The lowest BCUT2D eigenvalue weighted by molar-refractivity contribution is 0.0497. The number of ether oxygens (including phenoxy) is 1. The molecule has 26 heavy (non-hydrogen) atoms. The number of hydrogen-bond donors (Lipinski definition) is 0. The molecular formula is C23H36BrNO. The van der Waals surface area contributed by atoms with Crippen molar-refractivity contribution < 1.29 is 4.74 Å². The summed E-state index contributed by atoms with van der Waals surface area (Å²) in [6.45, 7) is 16.8. The second-order valence-electron chi connectivity index (χ2n) is 7.97. The average molecular weight is 422 g/mol. The summed E-state index contributed by atoms with van der Waals surface area (Å²) in [6.07, 6.45) is 5.12. The summed E-state index contributed by atoms with van der Waals surface area (Å²) >= 11 is 3.78. The fourth-order valence-corrected chi connectivity index (χ4v) is 3.20. The molecular weight excluding hydrogens is 386 g/mol. The Bertz CT molecular complexity index is 622. The van der Waals surface area contributed by atoms with Crippen LogP contribution in [0.15, 0.2) is 35.5 Å². The first-order chi connectivity index (χ1) is 12.2. The van der Waals surface area contributed by atoms with Gasteiger partial charge in [-0.1, -0.05) is 67.4 Å². The Hall–Kier alpha value is -1.09. The van der Waals surface area contributed by atoms with Crippen LogP contribution in [0.1, 0.15) is 81.8 Å². The predicted octanol–water partition coefficient (Wildman–Crippen LogP) is 7.40. The molecule has 3 heteroatoms. The molecule has 1 saturated carbocycles. The highest BCUT2D eigenvalue weighted by atomic mass is 79.9. The van der Waals surface area contributed by atoms with Crippen LogP contribution in [0.3, 0.4) is 0 Å². The Labute approximate surface area is 169 Å². The summed E-state index contributed by atoms with van der Waals surface area (Å²) in [5.74, 6) is 1.35. The number of unbranched alkanes of at least 4 members (excludes halogenated alkanes) is 1. The molecule has 0 aliphatic heterocycles. The number of aliphatic imine (C=N–C) groups is 1.